The summed E-state index contributed by atoms with van der Waals surface area (Å²) in [6.07, 6.45) is 7.89. The van der Waals surface area contributed by atoms with Crippen LogP contribution in [0, 0.1) is 5.82 Å². The number of benzene rings is 1. The predicted octanol–water partition coefficient (Wildman–Crippen LogP) is 2.41. The number of hydrogen-bond acceptors (Lipinski definition) is 1. The number of likely N-dealkylation sites (tertiary alicyclic amines) is 2. The van der Waals surface area contributed by atoms with Crippen molar-refractivity contribution < 1.29 is 9.29 Å². The van der Waals surface area contributed by atoms with Crippen molar-refractivity contribution in [2.75, 3.05) is 32.7 Å². The fourth-order valence-electron chi connectivity index (χ4n) is 3.49. The second-order valence-electron chi connectivity index (χ2n) is 6.54. The molecule has 2 fully saturated rings. The first-order chi connectivity index (χ1) is 10.8. The van der Waals surface area contributed by atoms with Gasteiger partial charge in [0.25, 0.3) is 0 Å². The Kier molecular flexibility index (Phi) is 5.43. The van der Waals surface area contributed by atoms with Crippen molar-refractivity contribution in [1.29, 1.82) is 0 Å². The third kappa shape index (κ3) is 4.29. The van der Waals surface area contributed by atoms with Crippen LogP contribution in [0.25, 0.3) is 0 Å². The lowest BCUT2D eigenvalue weighted by Gasteiger charge is -2.32. The van der Waals surface area contributed by atoms with Crippen LogP contribution in [-0.2, 0) is 0 Å². The molecule has 0 saturated carbocycles. The number of quaternary nitrogens is 1. The fraction of sp³-hybridized carbons (Fsp3) is 0.611. The van der Waals surface area contributed by atoms with E-state index in [2.05, 4.69) is 4.90 Å². The van der Waals surface area contributed by atoms with Crippen molar-refractivity contribution >= 4 is 11.5 Å². The molecule has 2 saturated heterocycles. The van der Waals surface area contributed by atoms with E-state index in [9.17, 15) is 4.39 Å². The molecule has 0 aliphatic carbocycles. The minimum Gasteiger partial charge on any atom is -0.355 e. The van der Waals surface area contributed by atoms with E-state index in [1.165, 1.54) is 69.6 Å². The molecule has 120 valence electrons. The summed E-state index contributed by atoms with van der Waals surface area (Å²) < 4.78 is 13.1. The summed E-state index contributed by atoms with van der Waals surface area (Å²) in [6, 6.07) is 6.57. The van der Waals surface area contributed by atoms with Gasteiger partial charge < -0.3 is 9.80 Å². The van der Waals surface area contributed by atoms with Gasteiger partial charge >= 0.3 is 0 Å². The van der Waals surface area contributed by atoms with E-state index in [0.717, 1.165) is 25.3 Å². The second kappa shape index (κ2) is 7.73. The lowest BCUT2D eigenvalue weighted by Crippen LogP contribution is -3.13. The number of hydrogen-bond donors (Lipinski definition) is 1. The average molecular weight is 304 g/mol. The molecule has 0 amide bonds. The molecule has 0 atom stereocenters. The Morgan fingerprint density at radius 3 is 2.27 bits per heavy atom. The van der Waals surface area contributed by atoms with Gasteiger partial charge in [0, 0.05) is 13.1 Å². The van der Waals surface area contributed by atoms with Crippen molar-refractivity contribution in [1.82, 2.24) is 4.90 Å². The smallest absolute Gasteiger partial charge is 0.160 e. The number of aliphatic imine (C=N–C) groups is 1. The number of amidine groups is 1. The van der Waals surface area contributed by atoms with Gasteiger partial charge in [-0.2, -0.15) is 0 Å². The summed E-state index contributed by atoms with van der Waals surface area (Å²) in [6.45, 7) is 5.77. The molecule has 1 aromatic rings. The van der Waals surface area contributed by atoms with Crippen LogP contribution in [0.15, 0.2) is 29.3 Å². The Hall–Kier alpha value is -1.42. The van der Waals surface area contributed by atoms with E-state index < -0.39 is 0 Å². The van der Waals surface area contributed by atoms with Gasteiger partial charge in [0.2, 0.25) is 0 Å². The maximum atomic E-state index is 13.1. The average Bonchev–Trinajstić information content (AvgIpc) is 2.58. The molecule has 2 aliphatic heterocycles. The normalized spacial score (nSPS) is 21.1. The Morgan fingerprint density at radius 1 is 0.955 bits per heavy atom. The minimum absolute atomic E-state index is 0.194. The maximum absolute atomic E-state index is 13.1. The van der Waals surface area contributed by atoms with Gasteiger partial charge in [0.05, 0.1) is 18.8 Å². The van der Waals surface area contributed by atoms with Crippen LogP contribution in [0.5, 0.6) is 0 Å². The monoisotopic (exact) mass is 304 g/mol. The van der Waals surface area contributed by atoms with Gasteiger partial charge in [0.1, 0.15) is 12.4 Å². The van der Waals surface area contributed by atoms with Crippen LogP contribution in [0.4, 0.5) is 10.1 Å². The number of piperidine rings is 2. The van der Waals surface area contributed by atoms with E-state index in [4.69, 9.17) is 4.99 Å². The highest BCUT2D eigenvalue weighted by molar-refractivity contribution is 5.85. The highest BCUT2D eigenvalue weighted by atomic mass is 19.1. The first-order valence-electron chi connectivity index (χ1n) is 8.73. The van der Waals surface area contributed by atoms with E-state index in [-0.39, 0.29) is 5.82 Å². The van der Waals surface area contributed by atoms with Crippen LogP contribution < -0.4 is 4.90 Å². The highest BCUT2D eigenvalue weighted by Crippen LogP contribution is 2.15. The van der Waals surface area contributed by atoms with E-state index in [0.29, 0.717) is 0 Å². The molecular weight excluding hydrogens is 277 g/mol. The van der Waals surface area contributed by atoms with Gasteiger partial charge in [-0.25, -0.2) is 9.38 Å². The van der Waals surface area contributed by atoms with Crippen molar-refractivity contribution in [2.45, 2.75) is 38.5 Å². The standard InChI is InChI=1S/C18H26FN3/c19-16-7-9-17(10-8-16)20-18(22-13-5-2-6-14-22)15-21-11-3-1-4-12-21/h7-10H,1-6,11-15H2/p+1. The molecule has 1 N–H and O–H groups in total. The van der Waals surface area contributed by atoms with E-state index in [1.54, 1.807) is 17.0 Å². The number of nitrogens with zero attached hydrogens (tertiary/aromatic N) is 2. The first kappa shape index (κ1) is 15.5. The predicted molar refractivity (Wildman–Crippen MR) is 88.3 cm³/mol. The topological polar surface area (TPSA) is 20.0 Å². The quantitative estimate of drug-likeness (QED) is 0.671. The van der Waals surface area contributed by atoms with Crippen LogP contribution in [0.3, 0.4) is 0 Å². The van der Waals surface area contributed by atoms with E-state index >= 15 is 0 Å². The molecular formula is C18H27FN3+. The molecule has 0 bridgehead atoms. The summed E-state index contributed by atoms with van der Waals surface area (Å²) >= 11 is 0. The minimum atomic E-state index is -0.194. The van der Waals surface area contributed by atoms with Gasteiger partial charge in [-0.05, 0) is 62.8 Å². The zero-order valence-corrected chi connectivity index (χ0v) is 13.4. The largest absolute Gasteiger partial charge is 0.355 e. The van der Waals surface area contributed by atoms with Crippen LogP contribution in [-0.4, -0.2) is 43.5 Å². The van der Waals surface area contributed by atoms with Crippen LogP contribution in [0.2, 0.25) is 0 Å². The Labute approximate surface area is 132 Å². The number of rotatable bonds is 3. The van der Waals surface area contributed by atoms with Gasteiger partial charge in [-0.1, -0.05) is 0 Å². The van der Waals surface area contributed by atoms with Crippen molar-refractivity contribution in [2.24, 2.45) is 4.99 Å². The molecule has 3 nitrogen and oxygen atoms in total. The number of nitrogens with one attached hydrogen (secondary N) is 1. The SMILES string of the molecule is Fc1ccc(N=C(C[NH+]2CCCCC2)N2CCCCC2)cc1. The van der Waals surface area contributed by atoms with Crippen molar-refractivity contribution in [3.8, 4) is 0 Å². The molecule has 0 aromatic heterocycles. The second-order valence-corrected chi connectivity index (χ2v) is 6.54. The van der Waals surface area contributed by atoms with Gasteiger partial charge in [-0.3, -0.25) is 0 Å². The Morgan fingerprint density at radius 2 is 1.59 bits per heavy atom. The van der Waals surface area contributed by atoms with Crippen LogP contribution in [0.1, 0.15) is 38.5 Å². The molecule has 0 radical (unpaired) electrons. The number of halogens is 1. The lowest BCUT2D eigenvalue weighted by molar-refractivity contribution is -0.896. The third-order valence-electron chi connectivity index (χ3n) is 4.77. The van der Waals surface area contributed by atoms with Crippen molar-refractivity contribution in [3.05, 3.63) is 30.1 Å². The summed E-state index contributed by atoms with van der Waals surface area (Å²) in [4.78, 5) is 8.98. The maximum Gasteiger partial charge on any atom is 0.160 e. The summed E-state index contributed by atoms with van der Waals surface area (Å²) in [5.74, 6) is 1.00. The Balaban J connectivity index is 1.76. The molecule has 0 unspecified atom stereocenters. The molecule has 0 spiro atoms. The van der Waals surface area contributed by atoms with E-state index in [1.807, 2.05) is 0 Å². The lowest BCUT2D eigenvalue weighted by atomic mass is 10.1. The summed E-state index contributed by atoms with van der Waals surface area (Å²) in [5, 5.41) is 0. The summed E-state index contributed by atoms with van der Waals surface area (Å²) in [5.41, 5.74) is 0.874. The van der Waals surface area contributed by atoms with Crippen molar-refractivity contribution in [3.63, 3.8) is 0 Å². The van der Waals surface area contributed by atoms with Gasteiger partial charge in [-0.15, -0.1) is 0 Å². The van der Waals surface area contributed by atoms with Gasteiger partial charge in [0.15, 0.2) is 5.84 Å². The van der Waals surface area contributed by atoms with Crippen LogP contribution >= 0.6 is 0 Å². The fourth-order valence-corrected chi connectivity index (χ4v) is 3.49. The molecule has 3 rings (SSSR count). The molecule has 2 heterocycles. The zero-order valence-electron chi connectivity index (χ0n) is 13.4. The molecule has 4 heteroatoms. The molecule has 2 aliphatic rings. The summed E-state index contributed by atoms with van der Waals surface area (Å²) in [7, 11) is 0. The first-order valence-corrected chi connectivity index (χ1v) is 8.73. The molecule has 1 aromatic carbocycles. The molecule has 22 heavy (non-hydrogen) atoms. The Bertz CT molecular complexity index is 486. The third-order valence-corrected chi connectivity index (χ3v) is 4.77. The zero-order chi connectivity index (χ0) is 15.2. The highest BCUT2D eigenvalue weighted by Gasteiger charge is 2.21.